The van der Waals surface area contributed by atoms with Gasteiger partial charge in [-0.1, -0.05) is 23.4 Å². The summed E-state index contributed by atoms with van der Waals surface area (Å²) in [6.45, 7) is 7.04. The smallest absolute Gasteiger partial charge is 0.204 e. The van der Waals surface area contributed by atoms with Crippen LogP contribution in [0, 0.1) is 6.92 Å². The molecule has 1 heterocycles. The third-order valence-electron chi connectivity index (χ3n) is 2.75. The zero-order valence-corrected chi connectivity index (χ0v) is 11.5. The van der Waals surface area contributed by atoms with Crippen LogP contribution < -0.4 is 0 Å². The molecule has 5 nitrogen and oxygen atoms in total. The van der Waals surface area contributed by atoms with Gasteiger partial charge in [0.2, 0.25) is 6.29 Å². The van der Waals surface area contributed by atoms with Crippen LogP contribution in [-0.4, -0.2) is 28.2 Å². The molecule has 0 bridgehead atoms. The van der Waals surface area contributed by atoms with E-state index in [2.05, 4.69) is 10.3 Å². The molecule has 0 radical (unpaired) electrons. The number of aromatic nitrogens is 3. The Kier molecular flexibility index (Phi) is 4.65. The predicted molar refractivity (Wildman–Crippen MR) is 72.1 cm³/mol. The Morgan fingerprint density at radius 2 is 1.84 bits per heavy atom. The lowest BCUT2D eigenvalue weighted by atomic mass is 10.2. The molecule has 102 valence electrons. The molecule has 19 heavy (non-hydrogen) atoms. The first kappa shape index (κ1) is 13.7. The second-order valence-electron chi connectivity index (χ2n) is 4.12. The van der Waals surface area contributed by atoms with Crippen LogP contribution in [-0.2, 0) is 9.47 Å². The van der Waals surface area contributed by atoms with Crippen LogP contribution in [0.4, 0.5) is 0 Å². The number of hydrogen-bond acceptors (Lipinski definition) is 4. The first-order valence-electron chi connectivity index (χ1n) is 6.47. The van der Waals surface area contributed by atoms with E-state index in [1.807, 2.05) is 51.2 Å². The first-order chi connectivity index (χ1) is 9.26. The average molecular weight is 261 g/mol. The van der Waals surface area contributed by atoms with Gasteiger partial charge in [-0.2, -0.15) is 0 Å². The summed E-state index contributed by atoms with van der Waals surface area (Å²) in [4.78, 5) is 0. The average Bonchev–Trinajstić information content (AvgIpc) is 2.88. The monoisotopic (exact) mass is 261 g/mol. The lowest BCUT2D eigenvalue weighted by Crippen LogP contribution is -2.09. The maximum Gasteiger partial charge on any atom is 0.204 e. The highest BCUT2D eigenvalue weighted by atomic mass is 16.7. The molecule has 2 aromatic rings. The van der Waals surface area contributed by atoms with Gasteiger partial charge >= 0.3 is 0 Å². The topological polar surface area (TPSA) is 49.2 Å². The summed E-state index contributed by atoms with van der Waals surface area (Å²) in [5.41, 5.74) is 2.84. The van der Waals surface area contributed by atoms with Crippen molar-refractivity contribution in [2.45, 2.75) is 27.1 Å². The SMILES string of the molecule is CCOC(OCC)c1cn(-c2ccccc2C)nn1. The van der Waals surface area contributed by atoms with Crippen molar-refractivity contribution in [3.05, 3.63) is 41.7 Å². The molecule has 0 spiro atoms. The van der Waals surface area contributed by atoms with Gasteiger partial charge in [0.05, 0.1) is 11.9 Å². The van der Waals surface area contributed by atoms with Crippen molar-refractivity contribution >= 4 is 0 Å². The molecule has 0 atom stereocenters. The van der Waals surface area contributed by atoms with Crippen LogP contribution in [0.15, 0.2) is 30.5 Å². The van der Waals surface area contributed by atoms with Crippen molar-refractivity contribution in [1.29, 1.82) is 0 Å². The quantitative estimate of drug-likeness (QED) is 0.750. The van der Waals surface area contributed by atoms with Crippen molar-refractivity contribution in [2.24, 2.45) is 0 Å². The molecule has 0 saturated heterocycles. The van der Waals surface area contributed by atoms with Gasteiger partial charge in [0, 0.05) is 13.2 Å². The van der Waals surface area contributed by atoms with Gasteiger partial charge in [0.1, 0.15) is 5.69 Å². The summed E-state index contributed by atoms with van der Waals surface area (Å²) in [5, 5.41) is 8.27. The van der Waals surface area contributed by atoms with Crippen LogP contribution in [0.25, 0.3) is 5.69 Å². The Morgan fingerprint density at radius 1 is 1.16 bits per heavy atom. The van der Waals surface area contributed by atoms with Crippen LogP contribution in [0.3, 0.4) is 0 Å². The summed E-state index contributed by atoms with van der Waals surface area (Å²) in [6.07, 6.45) is 1.39. The number of rotatable bonds is 6. The van der Waals surface area contributed by atoms with Crippen molar-refractivity contribution in [3.63, 3.8) is 0 Å². The van der Waals surface area contributed by atoms with E-state index in [9.17, 15) is 0 Å². The summed E-state index contributed by atoms with van der Waals surface area (Å²) < 4.78 is 12.8. The Morgan fingerprint density at radius 3 is 2.47 bits per heavy atom. The van der Waals surface area contributed by atoms with Crippen molar-refractivity contribution in [1.82, 2.24) is 15.0 Å². The zero-order chi connectivity index (χ0) is 13.7. The van der Waals surface area contributed by atoms with Crippen LogP contribution in [0.1, 0.15) is 31.4 Å². The minimum absolute atomic E-state index is 0.451. The van der Waals surface area contributed by atoms with Gasteiger partial charge in [-0.05, 0) is 32.4 Å². The van der Waals surface area contributed by atoms with Crippen LogP contribution in [0.2, 0.25) is 0 Å². The molecule has 5 heteroatoms. The lowest BCUT2D eigenvalue weighted by Gasteiger charge is -2.13. The van der Waals surface area contributed by atoms with E-state index in [-0.39, 0.29) is 0 Å². The Hall–Kier alpha value is -1.72. The fourth-order valence-corrected chi connectivity index (χ4v) is 1.84. The highest BCUT2D eigenvalue weighted by Gasteiger charge is 2.16. The van der Waals surface area contributed by atoms with Gasteiger partial charge < -0.3 is 9.47 Å². The minimum Gasteiger partial charge on any atom is -0.347 e. The molecule has 0 amide bonds. The number of benzene rings is 1. The van der Waals surface area contributed by atoms with Crippen molar-refractivity contribution in [2.75, 3.05) is 13.2 Å². The Labute approximate surface area is 113 Å². The van der Waals surface area contributed by atoms with E-state index in [0.29, 0.717) is 18.9 Å². The third-order valence-corrected chi connectivity index (χ3v) is 2.75. The largest absolute Gasteiger partial charge is 0.347 e. The number of ether oxygens (including phenoxy) is 2. The predicted octanol–water partition coefficient (Wildman–Crippen LogP) is 2.65. The van der Waals surface area contributed by atoms with Gasteiger partial charge in [-0.25, -0.2) is 4.68 Å². The van der Waals surface area contributed by atoms with E-state index in [0.717, 1.165) is 11.3 Å². The molecule has 0 aliphatic rings. The highest BCUT2D eigenvalue weighted by Crippen LogP contribution is 2.18. The molecule has 0 fully saturated rings. The van der Waals surface area contributed by atoms with E-state index in [4.69, 9.17) is 9.47 Å². The number of para-hydroxylation sites is 1. The fraction of sp³-hybridized carbons (Fsp3) is 0.429. The molecular formula is C14H19N3O2. The second kappa shape index (κ2) is 6.45. The molecule has 1 aromatic carbocycles. The van der Waals surface area contributed by atoms with Gasteiger partial charge in [0.25, 0.3) is 0 Å². The van der Waals surface area contributed by atoms with Crippen LogP contribution >= 0.6 is 0 Å². The minimum atomic E-state index is -0.451. The first-order valence-corrected chi connectivity index (χ1v) is 6.47. The fourth-order valence-electron chi connectivity index (χ4n) is 1.84. The van der Waals surface area contributed by atoms with E-state index < -0.39 is 6.29 Å². The van der Waals surface area contributed by atoms with Crippen molar-refractivity contribution < 1.29 is 9.47 Å². The lowest BCUT2D eigenvalue weighted by molar-refractivity contribution is -0.142. The highest BCUT2D eigenvalue weighted by molar-refractivity contribution is 5.38. The summed E-state index contributed by atoms with van der Waals surface area (Å²) in [7, 11) is 0. The van der Waals surface area contributed by atoms with Crippen LogP contribution in [0.5, 0.6) is 0 Å². The third kappa shape index (κ3) is 3.19. The molecule has 0 aliphatic carbocycles. The molecule has 0 aliphatic heterocycles. The molecule has 1 aromatic heterocycles. The number of hydrogen-bond donors (Lipinski definition) is 0. The number of nitrogens with zero attached hydrogens (tertiary/aromatic N) is 3. The molecule has 0 N–H and O–H groups in total. The maximum absolute atomic E-state index is 5.51. The Bertz CT molecular complexity index is 519. The summed E-state index contributed by atoms with van der Waals surface area (Å²) >= 11 is 0. The molecule has 0 saturated carbocycles. The summed E-state index contributed by atoms with van der Waals surface area (Å²) in [5.74, 6) is 0. The Balaban J connectivity index is 2.25. The molecule has 2 rings (SSSR count). The van der Waals surface area contributed by atoms with E-state index in [1.165, 1.54) is 0 Å². The van der Waals surface area contributed by atoms with Gasteiger partial charge in [0.15, 0.2) is 0 Å². The second-order valence-corrected chi connectivity index (χ2v) is 4.12. The standard InChI is InChI=1S/C14H19N3O2/c1-4-18-14(19-5-2)12-10-17(16-15-12)13-9-7-6-8-11(13)3/h6-10,14H,4-5H2,1-3H3. The van der Waals surface area contributed by atoms with E-state index >= 15 is 0 Å². The van der Waals surface area contributed by atoms with Crippen molar-refractivity contribution in [3.8, 4) is 5.69 Å². The maximum atomic E-state index is 5.51. The normalized spacial score (nSPS) is 11.2. The van der Waals surface area contributed by atoms with Gasteiger partial charge in [-0.3, -0.25) is 0 Å². The number of aryl methyl sites for hydroxylation is 1. The molecule has 0 unspecified atom stereocenters. The summed E-state index contributed by atoms with van der Waals surface area (Å²) in [6, 6.07) is 8.02. The zero-order valence-electron chi connectivity index (χ0n) is 11.5. The van der Waals surface area contributed by atoms with Gasteiger partial charge in [-0.15, -0.1) is 5.10 Å². The molecular weight excluding hydrogens is 242 g/mol. The van der Waals surface area contributed by atoms with E-state index in [1.54, 1.807) is 4.68 Å².